The van der Waals surface area contributed by atoms with Gasteiger partial charge in [-0.15, -0.1) is 0 Å². The van der Waals surface area contributed by atoms with Gasteiger partial charge in [0.25, 0.3) is 5.91 Å². The Morgan fingerprint density at radius 3 is 2.29 bits per heavy atom. The number of nitrogens with one attached hydrogen (secondary N) is 2. The summed E-state index contributed by atoms with van der Waals surface area (Å²) in [4.78, 5) is 38.7. The number of benzene rings is 1. The number of amides is 4. The van der Waals surface area contributed by atoms with Gasteiger partial charge in [0, 0.05) is 12.1 Å². The van der Waals surface area contributed by atoms with Gasteiger partial charge >= 0.3 is 6.03 Å². The average molecular weight is 412 g/mol. The van der Waals surface area contributed by atoms with Crippen LogP contribution in [0.5, 0.6) is 11.5 Å². The van der Waals surface area contributed by atoms with E-state index in [2.05, 4.69) is 10.6 Å². The summed E-state index contributed by atoms with van der Waals surface area (Å²) in [5.41, 5.74) is -0.601. The van der Waals surface area contributed by atoms with Crippen molar-refractivity contribution in [2.24, 2.45) is 0 Å². The molecule has 2 N–H and O–H groups in total. The molecule has 0 aromatic heterocycles. The molecule has 9 heteroatoms. The van der Waals surface area contributed by atoms with E-state index < -0.39 is 24.0 Å². The first-order chi connectivity index (χ1) is 13.3. The van der Waals surface area contributed by atoms with E-state index >= 15 is 0 Å². The molecular weight excluding hydrogens is 386 g/mol. The summed E-state index contributed by atoms with van der Waals surface area (Å²) in [6.07, 6.45) is 2.55. The second-order valence-electron chi connectivity index (χ2n) is 6.64. The largest absolute Gasteiger partial charge is 0.495 e. The predicted molar refractivity (Wildman–Crippen MR) is 106 cm³/mol. The van der Waals surface area contributed by atoms with E-state index in [0.29, 0.717) is 35.1 Å². The normalized spacial score (nSPS) is 15.4. The third-order valence-corrected chi connectivity index (χ3v) is 4.94. The Morgan fingerprint density at radius 2 is 1.75 bits per heavy atom. The van der Waals surface area contributed by atoms with Gasteiger partial charge in [-0.3, -0.25) is 14.5 Å². The maximum atomic E-state index is 12.9. The first-order valence-corrected chi connectivity index (χ1v) is 9.55. The van der Waals surface area contributed by atoms with E-state index in [1.807, 2.05) is 13.8 Å². The number of anilines is 1. The Hall–Kier alpha value is -2.48. The minimum atomic E-state index is -0.929. The van der Waals surface area contributed by atoms with E-state index in [1.165, 1.54) is 26.4 Å². The molecule has 1 aromatic carbocycles. The monoisotopic (exact) mass is 411 g/mol. The topological polar surface area (TPSA) is 97.0 Å². The average Bonchev–Trinajstić information content (AvgIpc) is 2.87. The molecular formula is C19H26ClN3O5. The summed E-state index contributed by atoms with van der Waals surface area (Å²) in [5, 5.41) is 5.76. The molecule has 0 atom stereocenters. The molecule has 1 fully saturated rings. The highest BCUT2D eigenvalue weighted by atomic mass is 35.5. The molecule has 0 bridgehead atoms. The van der Waals surface area contributed by atoms with Crippen molar-refractivity contribution < 1.29 is 23.9 Å². The van der Waals surface area contributed by atoms with Crippen molar-refractivity contribution in [1.29, 1.82) is 0 Å². The SMILES string of the molecule is CCCC1(CCC)NC(=O)N(CC(=O)Nc2cc(OC)c(Cl)cc2OC)C1=O. The van der Waals surface area contributed by atoms with Crippen LogP contribution in [0.25, 0.3) is 0 Å². The van der Waals surface area contributed by atoms with Crippen LogP contribution < -0.4 is 20.1 Å². The second-order valence-corrected chi connectivity index (χ2v) is 7.05. The zero-order chi connectivity index (χ0) is 20.9. The van der Waals surface area contributed by atoms with Crippen molar-refractivity contribution in [2.75, 3.05) is 26.1 Å². The first kappa shape index (κ1) is 21.8. The Labute approximate surface area is 169 Å². The zero-order valence-electron chi connectivity index (χ0n) is 16.6. The zero-order valence-corrected chi connectivity index (χ0v) is 17.3. The van der Waals surface area contributed by atoms with Crippen LogP contribution in [-0.4, -0.2) is 49.0 Å². The quantitative estimate of drug-likeness (QED) is 0.608. The van der Waals surface area contributed by atoms with Crippen LogP contribution in [0.4, 0.5) is 10.5 Å². The summed E-state index contributed by atoms with van der Waals surface area (Å²) >= 11 is 6.06. The summed E-state index contributed by atoms with van der Waals surface area (Å²) < 4.78 is 10.4. The Bertz CT molecular complexity index is 762. The number of rotatable bonds is 9. The standard InChI is InChI=1S/C19H26ClN3O5/c1-5-7-19(8-6-2)17(25)23(18(26)22-19)11-16(24)21-13-10-14(27-3)12(20)9-15(13)28-4/h9-10H,5-8,11H2,1-4H3,(H,21,24)(H,22,26). The van der Waals surface area contributed by atoms with Gasteiger partial charge in [0.05, 0.1) is 24.9 Å². The molecule has 4 amide bonds. The van der Waals surface area contributed by atoms with E-state index in [-0.39, 0.29) is 5.91 Å². The van der Waals surface area contributed by atoms with Crippen molar-refractivity contribution in [2.45, 2.75) is 45.1 Å². The molecule has 1 saturated heterocycles. The number of methoxy groups -OCH3 is 2. The van der Waals surface area contributed by atoms with Gasteiger partial charge in [0.15, 0.2) is 0 Å². The summed E-state index contributed by atoms with van der Waals surface area (Å²) in [5.74, 6) is -0.202. The number of nitrogens with zero attached hydrogens (tertiary/aromatic N) is 1. The molecule has 1 aliphatic rings. The van der Waals surface area contributed by atoms with Crippen molar-refractivity contribution >= 4 is 35.1 Å². The van der Waals surface area contributed by atoms with Crippen LogP contribution in [0.1, 0.15) is 39.5 Å². The van der Waals surface area contributed by atoms with Crippen LogP contribution in [0.15, 0.2) is 12.1 Å². The molecule has 1 heterocycles. The second kappa shape index (κ2) is 9.14. The fourth-order valence-corrected chi connectivity index (χ4v) is 3.66. The van der Waals surface area contributed by atoms with E-state index in [9.17, 15) is 14.4 Å². The number of imide groups is 1. The molecule has 0 spiro atoms. The number of hydrogen-bond donors (Lipinski definition) is 2. The molecule has 2 rings (SSSR count). The lowest BCUT2D eigenvalue weighted by Gasteiger charge is -2.25. The minimum absolute atomic E-state index is 0.328. The van der Waals surface area contributed by atoms with Crippen molar-refractivity contribution in [3.63, 3.8) is 0 Å². The van der Waals surface area contributed by atoms with Crippen LogP contribution in [-0.2, 0) is 9.59 Å². The third kappa shape index (κ3) is 4.32. The molecule has 154 valence electrons. The van der Waals surface area contributed by atoms with Gasteiger partial charge in [-0.25, -0.2) is 4.79 Å². The molecule has 28 heavy (non-hydrogen) atoms. The number of ether oxygens (including phenoxy) is 2. The van der Waals surface area contributed by atoms with Crippen molar-refractivity contribution in [1.82, 2.24) is 10.2 Å². The molecule has 0 saturated carbocycles. The van der Waals surface area contributed by atoms with Gasteiger partial charge in [-0.05, 0) is 12.8 Å². The van der Waals surface area contributed by atoms with E-state index in [1.54, 1.807) is 0 Å². The van der Waals surface area contributed by atoms with Crippen molar-refractivity contribution in [3.05, 3.63) is 17.2 Å². The van der Waals surface area contributed by atoms with Crippen LogP contribution in [0, 0.1) is 0 Å². The predicted octanol–water partition coefficient (Wildman–Crippen LogP) is 3.19. The highest BCUT2D eigenvalue weighted by molar-refractivity contribution is 6.32. The van der Waals surface area contributed by atoms with Gasteiger partial charge in [-0.2, -0.15) is 0 Å². The number of carbonyl (C=O) groups excluding carboxylic acids is 3. The Morgan fingerprint density at radius 1 is 1.14 bits per heavy atom. The van der Waals surface area contributed by atoms with E-state index in [0.717, 1.165) is 17.7 Å². The van der Waals surface area contributed by atoms with Crippen molar-refractivity contribution in [3.8, 4) is 11.5 Å². The van der Waals surface area contributed by atoms with E-state index in [4.69, 9.17) is 21.1 Å². The number of urea groups is 1. The lowest BCUT2D eigenvalue weighted by molar-refractivity contribution is -0.134. The fourth-order valence-electron chi connectivity index (χ4n) is 3.43. The Balaban J connectivity index is 2.17. The van der Waals surface area contributed by atoms with Crippen LogP contribution in [0.2, 0.25) is 5.02 Å². The lowest BCUT2D eigenvalue weighted by atomic mass is 9.88. The summed E-state index contributed by atoms with van der Waals surface area (Å²) in [7, 11) is 2.89. The molecule has 0 aliphatic carbocycles. The molecule has 1 aliphatic heterocycles. The highest BCUT2D eigenvalue weighted by Gasteiger charge is 2.50. The van der Waals surface area contributed by atoms with Crippen LogP contribution >= 0.6 is 11.6 Å². The molecule has 8 nitrogen and oxygen atoms in total. The molecule has 1 aromatic rings. The fraction of sp³-hybridized carbons (Fsp3) is 0.526. The van der Waals surface area contributed by atoms with Gasteiger partial charge in [0.1, 0.15) is 23.6 Å². The molecule has 0 unspecified atom stereocenters. The number of carbonyl (C=O) groups is 3. The number of hydrogen-bond acceptors (Lipinski definition) is 5. The lowest BCUT2D eigenvalue weighted by Crippen LogP contribution is -2.47. The summed E-state index contributed by atoms with van der Waals surface area (Å²) in [6, 6.07) is 2.48. The third-order valence-electron chi connectivity index (χ3n) is 4.65. The van der Waals surface area contributed by atoms with Gasteiger partial charge in [0.2, 0.25) is 5.91 Å². The smallest absolute Gasteiger partial charge is 0.325 e. The van der Waals surface area contributed by atoms with Crippen LogP contribution in [0.3, 0.4) is 0 Å². The summed E-state index contributed by atoms with van der Waals surface area (Å²) in [6.45, 7) is 3.51. The minimum Gasteiger partial charge on any atom is -0.495 e. The van der Waals surface area contributed by atoms with Gasteiger partial charge in [-0.1, -0.05) is 38.3 Å². The Kier molecular flexibility index (Phi) is 7.12. The number of halogens is 1. The maximum Gasteiger partial charge on any atom is 0.325 e. The highest BCUT2D eigenvalue weighted by Crippen LogP contribution is 2.36. The van der Waals surface area contributed by atoms with Gasteiger partial charge < -0.3 is 20.1 Å². The first-order valence-electron chi connectivity index (χ1n) is 9.17. The maximum absolute atomic E-state index is 12.9. The molecule has 0 radical (unpaired) electrons.